The van der Waals surface area contributed by atoms with E-state index in [1.165, 1.54) is 56.5 Å². The Hall–Kier alpha value is -0.790. The van der Waals surface area contributed by atoms with Crippen LogP contribution in [0.25, 0.3) is 0 Å². The molecule has 0 spiro atoms. The van der Waals surface area contributed by atoms with Crippen LogP contribution in [0.1, 0.15) is 75.1 Å². The molecule has 2 aliphatic rings. The Bertz CT molecular complexity index is 392. The van der Waals surface area contributed by atoms with E-state index in [0.29, 0.717) is 6.04 Å². The first-order valence-corrected chi connectivity index (χ1v) is 6.91. The van der Waals surface area contributed by atoms with E-state index in [-0.39, 0.29) is 0 Å². The van der Waals surface area contributed by atoms with Crippen LogP contribution in [0.2, 0.25) is 0 Å². The Morgan fingerprint density at radius 1 is 1.25 bits per heavy atom. The van der Waals surface area contributed by atoms with E-state index in [9.17, 15) is 0 Å². The van der Waals surface area contributed by atoms with Crippen LogP contribution in [-0.4, -0.2) is 9.55 Å². The van der Waals surface area contributed by atoms with E-state index >= 15 is 0 Å². The van der Waals surface area contributed by atoms with Gasteiger partial charge in [0.2, 0.25) is 0 Å². The first-order chi connectivity index (χ1) is 7.81. The molecule has 1 aliphatic heterocycles. The van der Waals surface area contributed by atoms with Crippen LogP contribution >= 0.6 is 0 Å². The molecule has 2 nitrogen and oxygen atoms in total. The van der Waals surface area contributed by atoms with Crippen molar-refractivity contribution in [3.8, 4) is 0 Å². The van der Waals surface area contributed by atoms with E-state index in [2.05, 4.69) is 18.4 Å². The highest BCUT2D eigenvalue weighted by Gasteiger charge is 2.29. The van der Waals surface area contributed by atoms with Gasteiger partial charge < -0.3 is 4.57 Å². The molecule has 1 aromatic heterocycles. The van der Waals surface area contributed by atoms with Crippen molar-refractivity contribution in [2.75, 3.05) is 0 Å². The van der Waals surface area contributed by atoms with Gasteiger partial charge in [-0.05, 0) is 45.4 Å². The smallest absolute Gasteiger partial charge is 0.109 e. The molecule has 2 heterocycles. The fraction of sp³-hybridized carbons (Fsp3) is 0.786. The minimum absolute atomic E-state index is 0.690. The summed E-state index contributed by atoms with van der Waals surface area (Å²) in [5, 5.41) is 0. The monoisotopic (exact) mass is 218 g/mol. The summed E-state index contributed by atoms with van der Waals surface area (Å²) < 4.78 is 2.57. The quantitative estimate of drug-likeness (QED) is 0.704. The van der Waals surface area contributed by atoms with Crippen molar-refractivity contribution < 1.29 is 0 Å². The van der Waals surface area contributed by atoms with Crippen LogP contribution in [0, 0.1) is 0 Å². The molecule has 0 aromatic carbocycles. The number of rotatable bonds is 1. The van der Waals surface area contributed by atoms with Gasteiger partial charge in [0.15, 0.2) is 0 Å². The third kappa shape index (κ3) is 1.42. The predicted octanol–water partition coefficient (Wildman–Crippen LogP) is 3.61. The van der Waals surface area contributed by atoms with E-state index in [1.807, 2.05) is 0 Å². The van der Waals surface area contributed by atoms with Crippen LogP contribution in [0.5, 0.6) is 0 Å². The summed E-state index contributed by atoms with van der Waals surface area (Å²) in [6.45, 7) is 4.67. The zero-order valence-corrected chi connectivity index (χ0v) is 10.5. The van der Waals surface area contributed by atoms with Gasteiger partial charge in [-0.25, -0.2) is 4.98 Å². The molecule has 16 heavy (non-hydrogen) atoms. The Labute approximate surface area is 98.1 Å². The molecule has 2 atom stereocenters. The van der Waals surface area contributed by atoms with E-state index in [0.717, 1.165) is 5.92 Å². The summed E-state index contributed by atoms with van der Waals surface area (Å²) in [6, 6.07) is 0.690. The van der Waals surface area contributed by atoms with Gasteiger partial charge in [0.25, 0.3) is 0 Å². The second kappa shape index (κ2) is 3.90. The number of fused-ring (bicyclic) bond motifs is 3. The molecule has 0 fully saturated rings. The highest BCUT2D eigenvalue weighted by Crippen LogP contribution is 2.37. The second-order valence-electron chi connectivity index (χ2n) is 5.47. The summed E-state index contributed by atoms with van der Waals surface area (Å²) in [6.07, 6.45) is 9.12. The maximum Gasteiger partial charge on any atom is 0.109 e. The lowest BCUT2D eigenvalue weighted by molar-refractivity contribution is 0.407. The number of aromatic nitrogens is 2. The Morgan fingerprint density at radius 3 is 2.88 bits per heavy atom. The van der Waals surface area contributed by atoms with Crippen molar-refractivity contribution in [1.29, 1.82) is 0 Å². The van der Waals surface area contributed by atoms with Crippen LogP contribution in [0.4, 0.5) is 0 Å². The summed E-state index contributed by atoms with van der Waals surface area (Å²) in [5.74, 6) is 2.12. The topological polar surface area (TPSA) is 17.8 Å². The predicted molar refractivity (Wildman–Crippen MR) is 65.8 cm³/mol. The van der Waals surface area contributed by atoms with Crippen molar-refractivity contribution in [2.24, 2.45) is 0 Å². The lowest BCUT2D eigenvalue weighted by atomic mass is 9.88. The average molecular weight is 218 g/mol. The SMILES string of the molecule is CCC1CCCc2c1nc1n2C(C)CCC1. The maximum absolute atomic E-state index is 4.96. The third-order valence-electron chi connectivity index (χ3n) is 4.42. The van der Waals surface area contributed by atoms with Crippen molar-refractivity contribution in [1.82, 2.24) is 9.55 Å². The molecule has 2 heteroatoms. The summed E-state index contributed by atoms with van der Waals surface area (Å²) in [7, 11) is 0. The van der Waals surface area contributed by atoms with E-state index < -0.39 is 0 Å². The molecule has 0 saturated heterocycles. The van der Waals surface area contributed by atoms with Gasteiger partial charge in [-0.3, -0.25) is 0 Å². The average Bonchev–Trinajstić information content (AvgIpc) is 2.68. The number of nitrogens with zero attached hydrogens (tertiary/aromatic N) is 2. The van der Waals surface area contributed by atoms with Gasteiger partial charge in [-0.2, -0.15) is 0 Å². The zero-order valence-electron chi connectivity index (χ0n) is 10.5. The molecule has 2 unspecified atom stereocenters. The van der Waals surface area contributed by atoms with Crippen LogP contribution in [0.15, 0.2) is 0 Å². The fourth-order valence-electron chi connectivity index (χ4n) is 3.54. The standard InChI is InChI=1S/C14H22N2/c1-3-11-7-5-8-12-14(11)15-13-9-4-6-10(2)16(12)13/h10-11H,3-9H2,1-2H3. The van der Waals surface area contributed by atoms with Crippen molar-refractivity contribution in [3.63, 3.8) is 0 Å². The highest BCUT2D eigenvalue weighted by atomic mass is 15.1. The lowest BCUT2D eigenvalue weighted by Gasteiger charge is -2.26. The van der Waals surface area contributed by atoms with E-state index in [1.54, 1.807) is 5.69 Å². The highest BCUT2D eigenvalue weighted by molar-refractivity contribution is 5.26. The molecule has 88 valence electrons. The van der Waals surface area contributed by atoms with Gasteiger partial charge >= 0.3 is 0 Å². The second-order valence-corrected chi connectivity index (χ2v) is 5.47. The van der Waals surface area contributed by atoms with Crippen molar-refractivity contribution >= 4 is 0 Å². The number of hydrogen-bond donors (Lipinski definition) is 0. The third-order valence-corrected chi connectivity index (χ3v) is 4.42. The van der Waals surface area contributed by atoms with Gasteiger partial charge in [-0.15, -0.1) is 0 Å². The molecule has 1 aromatic rings. The minimum atomic E-state index is 0.690. The molecular formula is C14H22N2. The molecule has 1 aliphatic carbocycles. The minimum Gasteiger partial charge on any atom is -0.329 e. The van der Waals surface area contributed by atoms with Crippen LogP contribution in [0.3, 0.4) is 0 Å². The Kier molecular flexibility index (Phi) is 2.53. The van der Waals surface area contributed by atoms with Gasteiger partial charge in [0.05, 0.1) is 5.69 Å². The zero-order chi connectivity index (χ0) is 11.1. The molecule has 0 radical (unpaired) electrons. The van der Waals surface area contributed by atoms with Crippen molar-refractivity contribution in [3.05, 3.63) is 17.2 Å². The molecule has 0 N–H and O–H groups in total. The molecule has 0 amide bonds. The molecule has 0 bridgehead atoms. The van der Waals surface area contributed by atoms with Gasteiger partial charge in [0, 0.05) is 24.1 Å². The summed E-state index contributed by atoms with van der Waals surface area (Å²) >= 11 is 0. The Balaban J connectivity index is 2.09. The molecule has 3 rings (SSSR count). The normalized spacial score (nSPS) is 28.6. The van der Waals surface area contributed by atoms with Crippen molar-refractivity contribution in [2.45, 2.75) is 70.8 Å². The fourth-order valence-corrected chi connectivity index (χ4v) is 3.54. The number of aryl methyl sites for hydroxylation is 1. The summed E-state index contributed by atoms with van der Waals surface area (Å²) in [4.78, 5) is 4.96. The largest absolute Gasteiger partial charge is 0.329 e. The van der Waals surface area contributed by atoms with E-state index in [4.69, 9.17) is 4.98 Å². The molecular weight excluding hydrogens is 196 g/mol. The lowest BCUT2D eigenvalue weighted by Crippen LogP contribution is -2.19. The first-order valence-electron chi connectivity index (χ1n) is 6.91. The molecule has 0 saturated carbocycles. The van der Waals surface area contributed by atoms with Gasteiger partial charge in [-0.1, -0.05) is 6.92 Å². The number of imidazole rings is 1. The first kappa shape index (κ1) is 10.4. The van der Waals surface area contributed by atoms with Crippen LogP contribution in [-0.2, 0) is 12.8 Å². The van der Waals surface area contributed by atoms with Crippen LogP contribution < -0.4 is 0 Å². The number of hydrogen-bond acceptors (Lipinski definition) is 1. The maximum atomic E-state index is 4.96. The summed E-state index contributed by atoms with van der Waals surface area (Å²) in [5.41, 5.74) is 3.04. The Morgan fingerprint density at radius 2 is 2.06 bits per heavy atom. The van der Waals surface area contributed by atoms with Gasteiger partial charge in [0.1, 0.15) is 5.82 Å².